The zero-order valence-electron chi connectivity index (χ0n) is 13.7. The normalized spacial score (nSPS) is 34.5. The highest BCUT2D eigenvalue weighted by Crippen LogP contribution is 2.48. The Morgan fingerprint density at radius 2 is 2.12 bits per heavy atom. The van der Waals surface area contributed by atoms with E-state index in [9.17, 15) is 4.79 Å². The molecule has 4 aliphatic heterocycles. The number of piperidine rings is 1. The quantitative estimate of drug-likeness (QED) is 0.784. The van der Waals surface area contributed by atoms with Crippen molar-refractivity contribution in [1.82, 2.24) is 15.1 Å². The van der Waals surface area contributed by atoms with E-state index in [1.54, 1.807) is 0 Å². The van der Waals surface area contributed by atoms with Gasteiger partial charge in [-0.2, -0.15) is 0 Å². The second kappa shape index (κ2) is 5.39. The largest absolute Gasteiger partial charge is 0.354 e. The number of nitrogens with zero attached hydrogens (tertiary/aromatic N) is 2. The van der Waals surface area contributed by atoms with Crippen LogP contribution in [0.2, 0.25) is 0 Å². The molecule has 0 saturated carbocycles. The van der Waals surface area contributed by atoms with Crippen molar-refractivity contribution in [2.24, 2.45) is 5.92 Å². The number of hydrogen-bond acceptors (Lipinski definition) is 4. The van der Waals surface area contributed by atoms with E-state index in [0.717, 1.165) is 19.6 Å². The van der Waals surface area contributed by atoms with Crippen LogP contribution >= 0.6 is 11.8 Å². The molecule has 4 unspecified atom stereocenters. The monoisotopic (exact) mass is 339 g/mol. The minimum Gasteiger partial charge on any atom is -0.354 e. The zero-order valence-corrected chi connectivity index (χ0v) is 14.5. The number of allylic oxidation sites excluding steroid dienone is 2. The van der Waals surface area contributed by atoms with Gasteiger partial charge in [-0.15, -0.1) is 0 Å². The fourth-order valence-corrected chi connectivity index (χ4v) is 5.96. The number of fused-ring (bicyclic) bond motifs is 2. The van der Waals surface area contributed by atoms with Crippen LogP contribution in [0.3, 0.4) is 0 Å². The summed E-state index contributed by atoms with van der Waals surface area (Å²) in [6.45, 7) is 2.85. The van der Waals surface area contributed by atoms with Crippen LogP contribution in [-0.4, -0.2) is 54.5 Å². The molecule has 124 valence electrons. The summed E-state index contributed by atoms with van der Waals surface area (Å²) in [5.41, 5.74) is 1.44. The van der Waals surface area contributed by atoms with Crippen LogP contribution < -0.4 is 5.32 Å². The SMILES string of the molecule is CN1CC2CNC(=O)C3C=CC=C4Sc5ccccc5C(C1)C2N43. The highest BCUT2D eigenvalue weighted by atomic mass is 32.2. The highest BCUT2D eigenvalue weighted by Gasteiger charge is 2.48. The van der Waals surface area contributed by atoms with Gasteiger partial charge in [0, 0.05) is 42.4 Å². The highest BCUT2D eigenvalue weighted by molar-refractivity contribution is 8.03. The molecule has 1 N–H and O–H groups in total. The molecule has 4 heterocycles. The van der Waals surface area contributed by atoms with Gasteiger partial charge in [0.2, 0.25) is 5.91 Å². The third-order valence-electron chi connectivity index (χ3n) is 5.70. The molecule has 0 radical (unpaired) electrons. The topological polar surface area (TPSA) is 35.6 Å². The van der Waals surface area contributed by atoms with Crippen molar-refractivity contribution in [2.45, 2.75) is 22.9 Å². The Balaban J connectivity index is 1.72. The summed E-state index contributed by atoms with van der Waals surface area (Å²) < 4.78 is 0. The number of rotatable bonds is 0. The van der Waals surface area contributed by atoms with Gasteiger partial charge < -0.3 is 15.1 Å². The lowest BCUT2D eigenvalue weighted by Crippen LogP contribution is -2.56. The van der Waals surface area contributed by atoms with E-state index in [1.165, 1.54) is 15.5 Å². The number of likely N-dealkylation sites (N-methyl/N-ethyl adjacent to an activating group) is 1. The molecule has 1 aromatic carbocycles. The van der Waals surface area contributed by atoms with Gasteiger partial charge >= 0.3 is 0 Å². The minimum atomic E-state index is -0.173. The van der Waals surface area contributed by atoms with E-state index < -0.39 is 0 Å². The third kappa shape index (κ3) is 2.07. The van der Waals surface area contributed by atoms with Gasteiger partial charge in [0.1, 0.15) is 6.04 Å². The van der Waals surface area contributed by atoms with Gasteiger partial charge in [0.25, 0.3) is 0 Å². The maximum absolute atomic E-state index is 12.7. The summed E-state index contributed by atoms with van der Waals surface area (Å²) in [7, 11) is 2.20. The van der Waals surface area contributed by atoms with Crippen molar-refractivity contribution in [3.63, 3.8) is 0 Å². The molecule has 0 bridgehead atoms. The van der Waals surface area contributed by atoms with Crippen LogP contribution in [0.4, 0.5) is 0 Å². The van der Waals surface area contributed by atoms with Crippen molar-refractivity contribution in [1.29, 1.82) is 0 Å². The number of hydrogen-bond donors (Lipinski definition) is 1. The maximum atomic E-state index is 12.7. The van der Waals surface area contributed by atoms with Crippen molar-refractivity contribution >= 4 is 17.7 Å². The molecule has 4 nitrogen and oxygen atoms in total. The molecule has 1 amide bonds. The number of benzene rings is 1. The Kier molecular flexibility index (Phi) is 3.28. The first-order valence-electron chi connectivity index (χ1n) is 8.62. The maximum Gasteiger partial charge on any atom is 0.246 e. The Hall–Kier alpha value is -1.72. The predicted molar refractivity (Wildman–Crippen MR) is 95.7 cm³/mol. The molecule has 5 rings (SSSR count). The van der Waals surface area contributed by atoms with Gasteiger partial charge in [-0.3, -0.25) is 4.79 Å². The van der Waals surface area contributed by atoms with Crippen LogP contribution in [0.1, 0.15) is 11.5 Å². The Morgan fingerprint density at radius 1 is 1.25 bits per heavy atom. The van der Waals surface area contributed by atoms with E-state index >= 15 is 0 Å². The van der Waals surface area contributed by atoms with Crippen LogP contribution in [0, 0.1) is 5.92 Å². The van der Waals surface area contributed by atoms with Crippen molar-refractivity contribution < 1.29 is 4.79 Å². The molecular weight excluding hydrogens is 318 g/mol. The number of amides is 1. The second-order valence-corrected chi connectivity index (χ2v) is 8.27. The molecule has 24 heavy (non-hydrogen) atoms. The van der Waals surface area contributed by atoms with Crippen molar-refractivity contribution in [3.8, 4) is 0 Å². The number of nitrogens with one attached hydrogen (secondary N) is 1. The zero-order chi connectivity index (χ0) is 16.3. The predicted octanol–water partition coefficient (Wildman–Crippen LogP) is 2.02. The standard InChI is InChI=1S/C19H21N3OS/c1-21-10-12-9-20-19(23)15-6-4-8-17-22(15)18(12)14(11-21)13-5-2-3-7-16(13)24-17/h2-8,12,14-15,18H,9-11H2,1H3,(H,20,23). The van der Waals surface area contributed by atoms with Gasteiger partial charge in [-0.1, -0.05) is 42.1 Å². The number of likely N-dealkylation sites (tertiary alicyclic amines) is 1. The molecule has 2 fully saturated rings. The first-order chi connectivity index (χ1) is 11.7. The van der Waals surface area contributed by atoms with E-state index in [-0.39, 0.29) is 11.9 Å². The van der Waals surface area contributed by atoms with Crippen LogP contribution in [0.15, 0.2) is 52.4 Å². The van der Waals surface area contributed by atoms with Gasteiger partial charge in [0.15, 0.2) is 0 Å². The Labute approximate surface area is 146 Å². The van der Waals surface area contributed by atoms with Gasteiger partial charge in [-0.25, -0.2) is 0 Å². The lowest BCUT2D eigenvalue weighted by atomic mass is 9.78. The Morgan fingerprint density at radius 3 is 3.04 bits per heavy atom. The second-order valence-electron chi connectivity index (χ2n) is 7.21. The summed E-state index contributed by atoms with van der Waals surface area (Å²) >= 11 is 1.82. The lowest BCUT2D eigenvalue weighted by molar-refractivity contribution is -0.123. The van der Waals surface area contributed by atoms with E-state index in [0.29, 0.717) is 17.9 Å². The first-order valence-corrected chi connectivity index (χ1v) is 9.44. The van der Waals surface area contributed by atoms with E-state index in [2.05, 4.69) is 52.5 Å². The number of thioether (sulfide) groups is 1. The molecule has 1 aromatic rings. The smallest absolute Gasteiger partial charge is 0.246 e. The summed E-state index contributed by atoms with van der Waals surface area (Å²) in [6, 6.07) is 8.98. The van der Waals surface area contributed by atoms with E-state index in [4.69, 9.17) is 0 Å². The molecule has 5 heteroatoms. The third-order valence-corrected chi connectivity index (χ3v) is 6.85. The Bertz CT molecular complexity index is 759. The van der Waals surface area contributed by atoms with Crippen LogP contribution in [0.25, 0.3) is 0 Å². The van der Waals surface area contributed by atoms with Crippen molar-refractivity contribution in [3.05, 3.63) is 53.1 Å². The summed E-state index contributed by atoms with van der Waals surface area (Å²) in [5.74, 6) is 1.02. The first kappa shape index (κ1) is 14.6. The van der Waals surface area contributed by atoms with Crippen molar-refractivity contribution in [2.75, 3.05) is 26.7 Å². The van der Waals surface area contributed by atoms with Gasteiger partial charge in [-0.05, 0) is 24.8 Å². The molecule has 4 aliphatic rings. The fourth-order valence-electron chi connectivity index (χ4n) is 4.76. The molecular formula is C19H21N3OS. The molecule has 2 saturated heterocycles. The summed E-state index contributed by atoms with van der Waals surface area (Å²) in [6.07, 6.45) is 6.27. The number of carbonyl (C=O) groups excluding carboxylic acids is 1. The van der Waals surface area contributed by atoms with Gasteiger partial charge in [0.05, 0.1) is 5.03 Å². The molecule has 4 atom stereocenters. The van der Waals surface area contributed by atoms with Crippen LogP contribution in [-0.2, 0) is 4.79 Å². The minimum absolute atomic E-state index is 0.138. The molecule has 0 spiro atoms. The summed E-state index contributed by atoms with van der Waals surface area (Å²) in [5, 5.41) is 4.40. The molecule has 0 aromatic heterocycles. The lowest BCUT2D eigenvalue weighted by Gasteiger charge is -2.48. The average molecular weight is 339 g/mol. The van der Waals surface area contributed by atoms with Crippen LogP contribution in [0.5, 0.6) is 0 Å². The summed E-state index contributed by atoms with van der Waals surface area (Å²) in [4.78, 5) is 18.9. The average Bonchev–Trinajstić information content (AvgIpc) is 2.82. The fraction of sp³-hybridized carbons (Fsp3) is 0.421. The molecule has 0 aliphatic carbocycles. The number of carbonyl (C=O) groups is 1. The van der Waals surface area contributed by atoms with E-state index in [1.807, 2.05) is 23.9 Å².